The minimum absolute atomic E-state index is 0.376. The number of hydrogen-bond donors (Lipinski definition) is 2. The molecule has 4 nitrogen and oxygen atoms in total. The van der Waals surface area contributed by atoms with Crippen LogP contribution in [0, 0.1) is 0 Å². The Morgan fingerprint density at radius 1 is 0.762 bits per heavy atom. The second-order valence-electron chi connectivity index (χ2n) is 6.52. The van der Waals surface area contributed by atoms with Gasteiger partial charge in [-0.3, -0.25) is 4.90 Å². The van der Waals surface area contributed by atoms with Crippen molar-refractivity contribution in [2.24, 2.45) is 0 Å². The fourth-order valence-corrected chi connectivity index (χ4v) is 3.02. The largest absolute Gasteiger partial charge is 0.317 e. The molecule has 0 aromatic carbocycles. The Kier molecular flexibility index (Phi) is 10.7. The number of thiol groups is 1. The minimum Gasteiger partial charge on any atom is -0.317 e. The maximum Gasteiger partial charge on any atom is 0.0537 e. The van der Waals surface area contributed by atoms with Crippen LogP contribution in [-0.2, 0) is 0 Å². The quantitative estimate of drug-likeness (QED) is 0.662. The third-order valence-corrected chi connectivity index (χ3v) is 5.01. The Morgan fingerprint density at radius 3 is 2.00 bits per heavy atom. The second kappa shape index (κ2) is 11.7. The van der Waals surface area contributed by atoms with Gasteiger partial charge in [-0.05, 0) is 92.5 Å². The van der Waals surface area contributed by atoms with Gasteiger partial charge >= 0.3 is 0 Å². The summed E-state index contributed by atoms with van der Waals surface area (Å²) in [7, 11) is 6.69. The van der Waals surface area contributed by atoms with Gasteiger partial charge in [0.2, 0.25) is 0 Å². The highest BCUT2D eigenvalue weighted by atomic mass is 32.1. The number of rotatable bonds is 0. The molecule has 0 aromatic heterocycles. The number of nitrogens with one attached hydrogen (secondary N) is 1. The molecule has 1 aliphatic heterocycles. The summed E-state index contributed by atoms with van der Waals surface area (Å²) < 4.78 is 0. The van der Waals surface area contributed by atoms with Crippen LogP contribution >= 0.6 is 12.6 Å². The van der Waals surface area contributed by atoms with E-state index in [-0.39, 0.29) is 0 Å². The third-order valence-electron chi connectivity index (χ3n) is 4.36. The van der Waals surface area contributed by atoms with E-state index >= 15 is 0 Å². The van der Waals surface area contributed by atoms with Gasteiger partial charge in [-0.2, -0.15) is 12.6 Å². The molecule has 21 heavy (non-hydrogen) atoms. The average molecular weight is 317 g/mol. The maximum atomic E-state index is 4.72. The fourth-order valence-electron chi connectivity index (χ4n) is 2.78. The Labute approximate surface area is 137 Å². The van der Waals surface area contributed by atoms with Crippen molar-refractivity contribution in [3.8, 4) is 0 Å². The van der Waals surface area contributed by atoms with Gasteiger partial charge in [-0.15, -0.1) is 0 Å². The van der Waals surface area contributed by atoms with Gasteiger partial charge in [0.25, 0.3) is 0 Å². The van der Waals surface area contributed by atoms with E-state index in [0.717, 1.165) is 26.1 Å². The van der Waals surface area contributed by atoms with Gasteiger partial charge in [0.05, 0.1) is 5.37 Å². The van der Waals surface area contributed by atoms with Gasteiger partial charge in [0, 0.05) is 6.54 Å². The van der Waals surface area contributed by atoms with E-state index in [1.807, 2.05) is 0 Å². The summed E-state index contributed by atoms with van der Waals surface area (Å²) in [5.41, 5.74) is 0. The molecule has 1 N–H and O–H groups in total. The Bertz CT molecular complexity index is 252. The molecular weight excluding hydrogens is 280 g/mol. The highest BCUT2D eigenvalue weighted by molar-refractivity contribution is 7.80. The average Bonchev–Trinajstić information content (AvgIpc) is 2.46. The van der Waals surface area contributed by atoms with E-state index in [1.54, 1.807) is 0 Å². The number of hydrogen-bond acceptors (Lipinski definition) is 5. The predicted molar refractivity (Wildman–Crippen MR) is 96.4 cm³/mol. The van der Waals surface area contributed by atoms with Crippen LogP contribution in [0.1, 0.15) is 32.1 Å². The fraction of sp³-hybridized carbons (Fsp3) is 1.00. The highest BCUT2D eigenvalue weighted by Gasteiger charge is 2.10. The molecule has 1 atom stereocenters. The predicted octanol–water partition coefficient (Wildman–Crippen LogP) is 1.59. The Morgan fingerprint density at radius 2 is 1.33 bits per heavy atom. The lowest BCUT2D eigenvalue weighted by Crippen LogP contribution is -2.33. The lowest BCUT2D eigenvalue weighted by molar-refractivity contribution is 0.258. The molecule has 0 aromatic rings. The summed E-state index contributed by atoms with van der Waals surface area (Å²) in [6.07, 6.45) is 6.21. The molecule has 1 fully saturated rings. The highest BCUT2D eigenvalue weighted by Crippen LogP contribution is 2.07. The van der Waals surface area contributed by atoms with Crippen LogP contribution in [0.25, 0.3) is 0 Å². The van der Waals surface area contributed by atoms with Crippen molar-refractivity contribution in [2.75, 3.05) is 67.0 Å². The molecule has 0 spiro atoms. The molecular formula is C16H36N4S. The summed E-state index contributed by atoms with van der Waals surface area (Å²) in [6, 6.07) is 0. The van der Waals surface area contributed by atoms with Crippen molar-refractivity contribution in [3.63, 3.8) is 0 Å². The van der Waals surface area contributed by atoms with E-state index in [1.165, 1.54) is 51.9 Å². The van der Waals surface area contributed by atoms with Crippen molar-refractivity contribution in [3.05, 3.63) is 0 Å². The zero-order valence-corrected chi connectivity index (χ0v) is 15.2. The van der Waals surface area contributed by atoms with Crippen molar-refractivity contribution in [1.82, 2.24) is 20.0 Å². The van der Waals surface area contributed by atoms with Crippen LogP contribution in [0.4, 0.5) is 0 Å². The Hall–Kier alpha value is 0.190. The number of nitrogens with zero attached hydrogens (tertiary/aromatic N) is 3. The van der Waals surface area contributed by atoms with Crippen molar-refractivity contribution < 1.29 is 0 Å². The first-order valence-electron chi connectivity index (χ1n) is 8.55. The van der Waals surface area contributed by atoms with E-state index < -0.39 is 0 Å². The van der Waals surface area contributed by atoms with Gasteiger partial charge in [-0.1, -0.05) is 0 Å². The zero-order valence-electron chi connectivity index (χ0n) is 14.4. The molecule has 5 heteroatoms. The SMILES string of the molecule is CN1CCCCN(C)CCCN(C)C(S)CCNCCC1. The second-order valence-corrected chi connectivity index (χ2v) is 7.12. The van der Waals surface area contributed by atoms with Gasteiger partial charge in [0.15, 0.2) is 0 Å². The van der Waals surface area contributed by atoms with Crippen LogP contribution in [-0.4, -0.2) is 87.0 Å². The van der Waals surface area contributed by atoms with Gasteiger partial charge < -0.3 is 15.1 Å². The normalized spacial score (nSPS) is 28.3. The monoisotopic (exact) mass is 316 g/mol. The molecule has 1 saturated heterocycles. The minimum atomic E-state index is 0.376. The molecule has 0 aliphatic carbocycles. The molecule has 1 unspecified atom stereocenters. The first-order valence-corrected chi connectivity index (χ1v) is 9.07. The standard InChI is InChI=1S/C16H36N4S/c1-18-11-4-5-12-19(2)14-7-15-20(3)16(21)8-10-17-9-6-13-18/h16-17,21H,4-15H2,1-3H3. The van der Waals surface area contributed by atoms with Crippen LogP contribution in [0.3, 0.4) is 0 Å². The van der Waals surface area contributed by atoms with Gasteiger partial charge in [-0.25, -0.2) is 0 Å². The van der Waals surface area contributed by atoms with Crippen molar-refractivity contribution in [2.45, 2.75) is 37.5 Å². The molecule has 126 valence electrons. The van der Waals surface area contributed by atoms with Crippen LogP contribution in [0.15, 0.2) is 0 Å². The molecule has 0 radical (unpaired) electrons. The summed E-state index contributed by atoms with van der Waals surface area (Å²) in [5.74, 6) is 0. The summed E-state index contributed by atoms with van der Waals surface area (Å²) >= 11 is 4.72. The van der Waals surface area contributed by atoms with E-state index in [2.05, 4.69) is 41.2 Å². The molecule has 0 bridgehead atoms. The first kappa shape index (κ1) is 19.2. The van der Waals surface area contributed by atoms with E-state index in [4.69, 9.17) is 12.6 Å². The molecule has 1 aliphatic rings. The van der Waals surface area contributed by atoms with Crippen molar-refractivity contribution in [1.29, 1.82) is 0 Å². The topological polar surface area (TPSA) is 21.8 Å². The maximum absolute atomic E-state index is 4.72. The van der Waals surface area contributed by atoms with Gasteiger partial charge in [0.1, 0.15) is 0 Å². The molecule has 1 heterocycles. The van der Waals surface area contributed by atoms with E-state index in [0.29, 0.717) is 5.37 Å². The van der Waals surface area contributed by atoms with Crippen LogP contribution in [0.2, 0.25) is 0 Å². The zero-order chi connectivity index (χ0) is 15.5. The lowest BCUT2D eigenvalue weighted by atomic mass is 10.2. The summed E-state index contributed by atoms with van der Waals surface area (Å²) in [6.45, 7) is 8.19. The summed E-state index contributed by atoms with van der Waals surface area (Å²) in [4.78, 5) is 7.32. The van der Waals surface area contributed by atoms with Crippen LogP contribution < -0.4 is 5.32 Å². The van der Waals surface area contributed by atoms with Crippen molar-refractivity contribution >= 4 is 12.6 Å². The Balaban J connectivity index is 2.34. The molecule has 1 rings (SSSR count). The molecule has 0 amide bonds. The summed E-state index contributed by atoms with van der Waals surface area (Å²) in [5, 5.41) is 3.92. The molecule has 0 saturated carbocycles. The van der Waals surface area contributed by atoms with Crippen LogP contribution in [0.5, 0.6) is 0 Å². The van der Waals surface area contributed by atoms with E-state index in [9.17, 15) is 0 Å². The first-order chi connectivity index (χ1) is 10.1. The lowest BCUT2D eigenvalue weighted by Gasteiger charge is -2.25. The smallest absolute Gasteiger partial charge is 0.0537 e. The third kappa shape index (κ3) is 9.74.